The summed E-state index contributed by atoms with van der Waals surface area (Å²) in [5.74, 6) is 2.01. The van der Waals surface area contributed by atoms with Crippen molar-refractivity contribution in [3.63, 3.8) is 0 Å². The van der Waals surface area contributed by atoms with E-state index < -0.39 is 0 Å². The number of nitrogens with zero attached hydrogens (tertiary/aromatic N) is 1. The van der Waals surface area contributed by atoms with E-state index in [9.17, 15) is 4.79 Å². The molecular formula is C18H33NO. The molecule has 0 aliphatic heterocycles. The predicted octanol–water partition coefficient (Wildman–Crippen LogP) is 4.77. The molecule has 2 rings (SSSR count). The van der Waals surface area contributed by atoms with Gasteiger partial charge in [0.25, 0.3) is 0 Å². The molecule has 2 heteroatoms. The summed E-state index contributed by atoms with van der Waals surface area (Å²) in [5.41, 5.74) is 0. The molecule has 0 aromatic rings. The Morgan fingerprint density at radius 3 is 2.15 bits per heavy atom. The van der Waals surface area contributed by atoms with Crippen LogP contribution < -0.4 is 0 Å². The first kappa shape index (κ1) is 15.9. The molecule has 0 heterocycles. The van der Waals surface area contributed by atoms with Gasteiger partial charge in [-0.25, -0.2) is 0 Å². The molecule has 20 heavy (non-hydrogen) atoms. The van der Waals surface area contributed by atoms with Crippen molar-refractivity contribution >= 4 is 5.91 Å². The van der Waals surface area contributed by atoms with Crippen molar-refractivity contribution < 1.29 is 4.79 Å². The van der Waals surface area contributed by atoms with E-state index in [2.05, 4.69) is 11.8 Å². The summed E-state index contributed by atoms with van der Waals surface area (Å²) >= 11 is 0. The average molecular weight is 279 g/mol. The Bertz CT molecular complexity index is 290. The largest absolute Gasteiger partial charge is 0.343 e. The summed E-state index contributed by atoms with van der Waals surface area (Å²) in [5, 5.41) is 0. The second-order valence-corrected chi connectivity index (χ2v) is 7.21. The first-order valence-corrected chi connectivity index (χ1v) is 8.94. The Balaban J connectivity index is 1.70. The summed E-state index contributed by atoms with van der Waals surface area (Å²) in [4.78, 5) is 14.4. The Labute approximate surface area is 125 Å². The minimum Gasteiger partial charge on any atom is -0.343 e. The Hall–Kier alpha value is -0.530. The van der Waals surface area contributed by atoms with Gasteiger partial charge in [0, 0.05) is 19.5 Å². The quantitative estimate of drug-likeness (QED) is 0.709. The van der Waals surface area contributed by atoms with Crippen molar-refractivity contribution in [3.8, 4) is 0 Å². The minimum atomic E-state index is 0.388. The van der Waals surface area contributed by atoms with Gasteiger partial charge in [0.15, 0.2) is 0 Å². The lowest BCUT2D eigenvalue weighted by atomic mass is 9.79. The van der Waals surface area contributed by atoms with E-state index in [1.54, 1.807) is 0 Å². The zero-order valence-corrected chi connectivity index (χ0v) is 13.6. The van der Waals surface area contributed by atoms with Gasteiger partial charge in [-0.1, -0.05) is 58.3 Å². The van der Waals surface area contributed by atoms with Crippen molar-refractivity contribution in [3.05, 3.63) is 0 Å². The van der Waals surface area contributed by atoms with Crippen LogP contribution in [0.4, 0.5) is 0 Å². The smallest absolute Gasteiger partial charge is 0.222 e. The third-order valence-corrected chi connectivity index (χ3v) is 5.78. The van der Waals surface area contributed by atoms with Gasteiger partial charge in [0.05, 0.1) is 0 Å². The van der Waals surface area contributed by atoms with Crippen LogP contribution in [0.3, 0.4) is 0 Å². The fourth-order valence-corrected chi connectivity index (χ4v) is 4.14. The number of carbonyl (C=O) groups excluding carboxylic acids is 1. The van der Waals surface area contributed by atoms with Gasteiger partial charge in [0.1, 0.15) is 0 Å². The second kappa shape index (κ2) is 8.05. The molecular weight excluding hydrogens is 246 g/mol. The summed E-state index contributed by atoms with van der Waals surface area (Å²) in [6.07, 6.45) is 15.3. The highest BCUT2D eigenvalue weighted by Crippen LogP contribution is 2.32. The van der Waals surface area contributed by atoms with E-state index in [1.807, 2.05) is 7.05 Å². The maximum absolute atomic E-state index is 12.4. The van der Waals surface area contributed by atoms with E-state index in [0.29, 0.717) is 11.9 Å². The fraction of sp³-hybridized carbons (Fsp3) is 0.944. The molecule has 2 aliphatic carbocycles. The van der Waals surface area contributed by atoms with Gasteiger partial charge < -0.3 is 4.90 Å². The number of hydrogen-bond donors (Lipinski definition) is 0. The van der Waals surface area contributed by atoms with Gasteiger partial charge in [0.2, 0.25) is 5.91 Å². The van der Waals surface area contributed by atoms with E-state index in [-0.39, 0.29) is 0 Å². The highest BCUT2D eigenvalue weighted by atomic mass is 16.2. The lowest BCUT2D eigenvalue weighted by Gasteiger charge is -2.32. The molecule has 2 nitrogen and oxygen atoms in total. The molecule has 0 bridgehead atoms. The number of carbonyl (C=O) groups is 1. The van der Waals surface area contributed by atoms with Crippen molar-refractivity contribution in [2.75, 3.05) is 7.05 Å². The monoisotopic (exact) mass is 279 g/mol. The van der Waals surface area contributed by atoms with Crippen LogP contribution in [0.5, 0.6) is 0 Å². The molecule has 0 N–H and O–H groups in total. The van der Waals surface area contributed by atoms with Crippen LogP contribution >= 0.6 is 0 Å². The van der Waals surface area contributed by atoms with Crippen LogP contribution in [0, 0.1) is 11.8 Å². The molecule has 2 fully saturated rings. The SMILES string of the molecule is C[C@@H](CCC(=O)N(C)C1CCCCC1)C1CCCCC1. The number of amides is 1. The molecule has 2 aliphatic rings. The maximum atomic E-state index is 12.4. The zero-order valence-electron chi connectivity index (χ0n) is 13.6. The van der Waals surface area contributed by atoms with E-state index in [0.717, 1.165) is 24.7 Å². The molecule has 0 radical (unpaired) electrons. The third-order valence-electron chi connectivity index (χ3n) is 5.78. The Kier molecular flexibility index (Phi) is 6.38. The minimum absolute atomic E-state index is 0.388. The Morgan fingerprint density at radius 1 is 1.00 bits per heavy atom. The van der Waals surface area contributed by atoms with E-state index in [4.69, 9.17) is 0 Å². The number of rotatable bonds is 5. The Morgan fingerprint density at radius 2 is 1.55 bits per heavy atom. The van der Waals surface area contributed by atoms with E-state index >= 15 is 0 Å². The highest BCUT2D eigenvalue weighted by Gasteiger charge is 2.24. The second-order valence-electron chi connectivity index (χ2n) is 7.21. The topological polar surface area (TPSA) is 20.3 Å². The molecule has 116 valence electrons. The van der Waals surface area contributed by atoms with Gasteiger partial charge in [-0.15, -0.1) is 0 Å². The van der Waals surface area contributed by atoms with Crippen LogP contribution in [-0.4, -0.2) is 23.9 Å². The van der Waals surface area contributed by atoms with Gasteiger partial charge in [-0.05, 0) is 31.1 Å². The predicted molar refractivity (Wildman–Crippen MR) is 84.6 cm³/mol. The molecule has 1 atom stereocenters. The molecule has 0 aromatic heterocycles. The van der Waals surface area contributed by atoms with Crippen molar-refractivity contribution in [2.24, 2.45) is 11.8 Å². The molecule has 0 spiro atoms. The van der Waals surface area contributed by atoms with Crippen molar-refractivity contribution in [1.82, 2.24) is 4.90 Å². The van der Waals surface area contributed by atoms with Gasteiger partial charge in [-0.3, -0.25) is 4.79 Å². The zero-order chi connectivity index (χ0) is 14.4. The van der Waals surface area contributed by atoms with Crippen LogP contribution in [-0.2, 0) is 4.79 Å². The van der Waals surface area contributed by atoms with E-state index in [1.165, 1.54) is 64.2 Å². The number of hydrogen-bond acceptors (Lipinski definition) is 1. The maximum Gasteiger partial charge on any atom is 0.222 e. The van der Waals surface area contributed by atoms with Crippen LogP contribution in [0.2, 0.25) is 0 Å². The fourth-order valence-electron chi connectivity index (χ4n) is 4.14. The first-order chi connectivity index (χ1) is 9.68. The van der Waals surface area contributed by atoms with Gasteiger partial charge in [-0.2, -0.15) is 0 Å². The summed E-state index contributed by atoms with van der Waals surface area (Å²) < 4.78 is 0. The summed E-state index contributed by atoms with van der Waals surface area (Å²) in [6, 6.07) is 0.529. The summed E-state index contributed by atoms with van der Waals surface area (Å²) in [7, 11) is 2.03. The van der Waals surface area contributed by atoms with Crippen molar-refractivity contribution in [1.29, 1.82) is 0 Å². The lowest BCUT2D eigenvalue weighted by Crippen LogP contribution is -2.38. The standard InChI is InChI=1S/C18H33NO/c1-15(16-9-5-3-6-10-16)13-14-18(20)19(2)17-11-7-4-8-12-17/h15-17H,3-14H2,1-2H3/t15-/m0/s1. The average Bonchev–Trinajstić information content (AvgIpc) is 2.53. The normalized spacial score (nSPS) is 23.5. The highest BCUT2D eigenvalue weighted by molar-refractivity contribution is 5.76. The molecule has 2 saturated carbocycles. The van der Waals surface area contributed by atoms with Gasteiger partial charge >= 0.3 is 0 Å². The van der Waals surface area contributed by atoms with Crippen LogP contribution in [0.25, 0.3) is 0 Å². The van der Waals surface area contributed by atoms with Crippen molar-refractivity contribution in [2.45, 2.75) is 90.0 Å². The first-order valence-electron chi connectivity index (χ1n) is 8.94. The van der Waals surface area contributed by atoms with Crippen LogP contribution in [0.1, 0.15) is 84.0 Å². The molecule has 1 amide bonds. The lowest BCUT2D eigenvalue weighted by molar-refractivity contribution is -0.132. The van der Waals surface area contributed by atoms with Crippen LogP contribution in [0.15, 0.2) is 0 Å². The molecule has 0 aromatic carbocycles. The third kappa shape index (κ3) is 4.49. The molecule has 0 unspecified atom stereocenters. The molecule has 0 saturated heterocycles. The summed E-state index contributed by atoms with van der Waals surface area (Å²) in [6.45, 7) is 2.36.